The quantitative estimate of drug-likeness (QED) is 0.747. The Labute approximate surface area is 120 Å². The second-order valence-corrected chi connectivity index (χ2v) is 5.31. The number of primary amides is 1. The molecule has 1 aromatic carbocycles. The van der Waals surface area contributed by atoms with Gasteiger partial charge in [0.2, 0.25) is 5.91 Å². The van der Waals surface area contributed by atoms with Gasteiger partial charge in [-0.15, -0.1) is 0 Å². The topological polar surface area (TPSA) is 67.6 Å². The number of nitrogens with zero attached hydrogens (tertiary/aromatic N) is 1. The van der Waals surface area contributed by atoms with Crippen LogP contribution in [0.25, 0.3) is 0 Å². The van der Waals surface area contributed by atoms with Crippen LogP contribution in [0.2, 0.25) is 0 Å². The lowest BCUT2D eigenvalue weighted by atomic mass is 10.1. The fourth-order valence-corrected chi connectivity index (χ4v) is 2.14. The highest BCUT2D eigenvalue weighted by Crippen LogP contribution is 2.22. The van der Waals surface area contributed by atoms with Gasteiger partial charge < -0.3 is 20.7 Å². The number of anilines is 1. The molecule has 0 saturated heterocycles. The molecule has 2 rings (SSSR count). The van der Waals surface area contributed by atoms with Crippen LogP contribution in [0.15, 0.2) is 24.3 Å². The van der Waals surface area contributed by atoms with E-state index in [1.807, 2.05) is 31.3 Å². The average molecular weight is 277 g/mol. The van der Waals surface area contributed by atoms with Crippen molar-refractivity contribution in [3.8, 4) is 5.75 Å². The fraction of sp³-hybridized carbons (Fsp3) is 0.533. The molecule has 1 fully saturated rings. The fourth-order valence-electron chi connectivity index (χ4n) is 2.14. The third-order valence-electron chi connectivity index (χ3n) is 3.60. The summed E-state index contributed by atoms with van der Waals surface area (Å²) in [6, 6.07) is 8.12. The third-order valence-corrected chi connectivity index (χ3v) is 3.60. The number of hydrogen-bond acceptors (Lipinski definition) is 4. The molecule has 1 aliphatic carbocycles. The Morgan fingerprint density at radius 3 is 2.90 bits per heavy atom. The standard InChI is InChI=1S/C15H23N3O2/c1-18(12-4-3-5-13(10-12)20-2)9-8-14(15(16)19)17-11-6-7-11/h3-5,10-11,14,17H,6-9H2,1-2H3,(H2,16,19). The summed E-state index contributed by atoms with van der Waals surface area (Å²) < 4.78 is 5.22. The normalized spacial score (nSPS) is 15.7. The van der Waals surface area contributed by atoms with Gasteiger partial charge >= 0.3 is 0 Å². The van der Waals surface area contributed by atoms with Crippen molar-refractivity contribution >= 4 is 11.6 Å². The van der Waals surface area contributed by atoms with E-state index in [-0.39, 0.29) is 11.9 Å². The molecule has 110 valence electrons. The zero-order valence-electron chi connectivity index (χ0n) is 12.1. The molecule has 1 aliphatic rings. The van der Waals surface area contributed by atoms with E-state index in [2.05, 4.69) is 10.2 Å². The Morgan fingerprint density at radius 2 is 2.30 bits per heavy atom. The van der Waals surface area contributed by atoms with Gasteiger partial charge in [0.1, 0.15) is 5.75 Å². The van der Waals surface area contributed by atoms with Gasteiger partial charge in [-0.25, -0.2) is 0 Å². The van der Waals surface area contributed by atoms with E-state index in [9.17, 15) is 4.79 Å². The zero-order valence-corrected chi connectivity index (χ0v) is 12.1. The van der Waals surface area contributed by atoms with Gasteiger partial charge in [0.15, 0.2) is 0 Å². The number of nitrogens with one attached hydrogen (secondary N) is 1. The number of carbonyl (C=O) groups excluding carboxylic acids is 1. The second kappa shape index (κ2) is 6.61. The van der Waals surface area contributed by atoms with E-state index in [4.69, 9.17) is 10.5 Å². The van der Waals surface area contributed by atoms with Crippen molar-refractivity contribution in [2.45, 2.75) is 31.3 Å². The van der Waals surface area contributed by atoms with Crippen molar-refractivity contribution in [3.63, 3.8) is 0 Å². The third kappa shape index (κ3) is 4.13. The Hall–Kier alpha value is -1.75. The van der Waals surface area contributed by atoms with Crippen LogP contribution in [0.4, 0.5) is 5.69 Å². The lowest BCUT2D eigenvalue weighted by Crippen LogP contribution is -2.44. The van der Waals surface area contributed by atoms with Crippen LogP contribution >= 0.6 is 0 Å². The Bertz CT molecular complexity index is 460. The molecule has 5 heteroatoms. The average Bonchev–Trinajstić information content (AvgIpc) is 3.26. The Morgan fingerprint density at radius 1 is 1.55 bits per heavy atom. The van der Waals surface area contributed by atoms with Crippen molar-refractivity contribution in [2.24, 2.45) is 5.73 Å². The van der Waals surface area contributed by atoms with Crippen LogP contribution in [0, 0.1) is 0 Å². The predicted molar refractivity (Wildman–Crippen MR) is 80.0 cm³/mol. The van der Waals surface area contributed by atoms with E-state index in [0.29, 0.717) is 12.5 Å². The highest BCUT2D eigenvalue weighted by atomic mass is 16.5. The lowest BCUT2D eigenvalue weighted by Gasteiger charge is -2.23. The summed E-state index contributed by atoms with van der Waals surface area (Å²) in [6.45, 7) is 0.764. The maximum absolute atomic E-state index is 11.4. The number of rotatable bonds is 8. The first kappa shape index (κ1) is 14.7. The van der Waals surface area contributed by atoms with Crippen molar-refractivity contribution in [2.75, 3.05) is 25.6 Å². The minimum absolute atomic E-state index is 0.240. The van der Waals surface area contributed by atoms with Gasteiger partial charge in [-0.1, -0.05) is 6.07 Å². The van der Waals surface area contributed by atoms with Crippen molar-refractivity contribution in [3.05, 3.63) is 24.3 Å². The first-order chi connectivity index (χ1) is 9.60. The molecule has 0 spiro atoms. The van der Waals surface area contributed by atoms with Gasteiger partial charge in [-0.2, -0.15) is 0 Å². The van der Waals surface area contributed by atoms with Crippen LogP contribution < -0.4 is 20.7 Å². The summed E-state index contributed by atoms with van der Waals surface area (Å²) in [4.78, 5) is 13.5. The molecule has 1 saturated carbocycles. The van der Waals surface area contributed by atoms with Crippen LogP contribution in [0.3, 0.4) is 0 Å². The van der Waals surface area contributed by atoms with E-state index >= 15 is 0 Å². The first-order valence-corrected chi connectivity index (χ1v) is 7.00. The molecule has 0 aliphatic heterocycles. The maximum atomic E-state index is 11.4. The number of nitrogens with two attached hydrogens (primary N) is 1. The van der Waals surface area contributed by atoms with Crippen LogP contribution in [-0.2, 0) is 4.79 Å². The van der Waals surface area contributed by atoms with Gasteiger partial charge in [-0.05, 0) is 31.4 Å². The van der Waals surface area contributed by atoms with Crippen LogP contribution in [-0.4, -0.2) is 38.7 Å². The van der Waals surface area contributed by atoms with Crippen LogP contribution in [0.5, 0.6) is 5.75 Å². The van der Waals surface area contributed by atoms with Gasteiger partial charge in [0.25, 0.3) is 0 Å². The lowest BCUT2D eigenvalue weighted by molar-refractivity contribution is -0.120. The Kier molecular flexibility index (Phi) is 4.84. The second-order valence-electron chi connectivity index (χ2n) is 5.31. The molecule has 3 N–H and O–H groups in total. The predicted octanol–water partition coefficient (Wildman–Crippen LogP) is 1.13. The SMILES string of the molecule is COc1cccc(N(C)CCC(NC2CC2)C(N)=O)c1. The minimum atomic E-state index is -0.268. The smallest absolute Gasteiger partial charge is 0.234 e. The zero-order chi connectivity index (χ0) is 14.5. The molecule has 0 bridgehead atoms. The highest BCUT2D eigenvalue weighted by Gasteiger charge is 2.27. The molecule has 20 heavy (non-hydrogen) atoms. The largest absolute Gasteiger partial charge is 0.497 e. The van der Waals surface area contributed by atoms with E-state index in [1.54, 1.807) is 7.11 Å². The summed E-state index contributed by atoms with van der Waals surface area (Å²) in [7, 11) is 3.66. The number of benzene rings is 1. The van der Waals surface area contributed by atoms with Gasteiger partial charge in [0.05, 0.1) is 13.2 Å². The van der Waals surface area contributed by atoms with Crippen molar-refractivity contribution in [1.29, 1.82) is 0 Å². The number of carbonyl (C=O) groups is 1. The maximum Gasteiger partial charge on any atom is 0.234 e. The van der Waals surface area contributed by atoms with E-state index in [0.717, 1.165) is 30.8 Å². The van der Waals surface area contributed by atoms with E-state index < -0.39 is 0 Å². The highest BCUT2D eigenvalue weighted by molar-refractivity contribution is 5.80. The molecular formula is C15H23N3O2. The molecule has 1 unspecified atom stereocenters. The van der Waals surface area contributed by atoms with Crippen molar-refractivity contribution < 1.29 is 9.53 Å². The number of hydrogen-bond donors (Lipinski definition) is 2. The summed E-state index contributed by atoms with van der Waals surface area (Å²) in [6.07, 6.45) is 3.00. The number of amides is 1. The summed E-state index contributed by atoms with van der Waals surface area (Å²) in [5.41, 5.74) is 6.51. The van der Waals surface area contributed by atoms with Gasteiger partial charge in [-0.3, -0.25) is 4.79 Å². The summed E-state index contributed by atoms with van der Waals surface area (Å²) in [5, 5.41) is 3.29. The van der Waals surface area contributed by atoms with Gasteiger partial charge in [0, 0.05) is 31.4 Å². The molecular weight excluding hydrogens is 254 g/mol. The number of ether oxygens (including phenoxy) is 1. The minimum Gasteiger partial charge on any atom is -0.497 e. The summed E-state index contributed by atoms with van der Waals surface area (Å²) in [5.74, 6) is 0.563. The van der Waals surface area contributed by atoms with E-state index in [1.165, 1.54) is 0 Å². The number of methoxy groups -OCH3 is 1. The molecule has 0 radical (unpaired) electrons. The molecule has 1 amide bonds. The molecule has 1 aromatic rings. The molecule has 0 heterocycles. The van der Waals surface area contributed by atoms with Crippen molar-refractivity contribution in [1.82, 2.24) is 5.32 Å². The summed E-state index contributed by atoms with van der Waals surface area (Å²) >= 11 is 0. The van der Waals surface area contributed by atoms with Crippen LogP contribution in [0.1, 0.15) is 19.3 Å². The first-order valence-electron chi connectivity index (χ1n) is 7.00. The molecule has 1 atom stereocenters. The molecule has 0 aromatic heterocycles. The molecule has 5 nitrogen and oxygen atoms in total. The monoisotopic (exact) mass is 277 g/mol. The Balaban J connectivity index is 1.88.